The lowest BCUT2D eigenvalue weighted by molar-refractivity contribution is -0.127. The van der Waals surface area contributed by atoms with Crippen LogP contribution in [0.3, 0.4) is 0 Å². The van der Waals surface area contributed by atoms with Crippen LogP contribution < -0.4 is 9.47 Å². The molecule has 2 aromatic carbocycles. The quantitative estimate of drug-likeness (QED) is 0.510. The Balaban J connectivity index is 1.60. The van der Waals surface area contributed by atoms with Crippen LogP contribution in [0.15, 0.2) is 47.6 Å². The summed E-state index contributed by atoms with van der Waals surface area (Å²) in [4.78, 5) is 14.1. The van der Waals surface area contributed by atoms with E-state index >= 15 is 0 Å². The van der Waals surface area contributed by atoms with Gasteiger partial charge in [0, 0.05) is 26.2 Å². The van der Waals surface area contributed by atoms with Crippen molar-refractivity contribution < 1.29 is 18.7 Å². The average Bonchev–Trinajstić information content (AvgIpc) is 3.12. The molecule has 0 N–H and O–H groups in total. The van der Waals surface area contributed by atoms with Crippen molar-refractivity contribution in [2.24, 2.45) is 7.05 Å². The van der Waals surface area contributed by atoms with Crippen molar-refractivity contribution >= 4 is 17.7 Å². The SMILES string of the molecule is COc1ccc(-c2nnc(SCC(=O)N(C)Cc3ccc(OC)c(F)c3)n2C)cc1. The van der Waals surface area contributed by atoms with Gasteiger partial charge in [-0.1, -0.05) is 17.8 Å². The zero-order valence-electron chi connectivity index (χ0n) is 17.3. The number of benzene rings is 2. The Labute approximate surface area is 178 Å². The van der Waals surface area contributed by atoms with E-state index in [1.807, 2.05) is 35.9 Å². The molecule has 3 rings (SSSR count). The van der Waals surface area contributed by atoms with Gasteiger partial charge < -0.3 is 18.9 Å². The number of hydrogen-bond acceptors (Lipinski definition) is 6. The van der Waals surface area contributed by atoms with Gasteiger partial charge >= 0.3 is 0 Å². The Morgan fingerprint density at radius 1 is 1.13 bits per heavy atom. The Morgan fingerprint density at radius 2 is 1.87 bits per heavy atom. The minimum Gasteiger partial charge on any atom is -0.497 e. The van der Waals surface area contributed by atoms with Crippen LogP contribution in [0, 0.1) is 5.82 Å². The van der Waals surface area contributed by atoms with Crippen molar-refractivity contribution in [3.8, 4) is 22.9 Å². The molecule has 0 aliphatic rings. The van der Waals surface area contributed by atoms with Crippen LogP contribution in [-0.4, -0.2) is 52.6 Å². The second kappa shape index (κ2) is 9.62. The molecule has 1 amide bonds. The molecule has 158 valence electrons. The topological polar surface area (TPSA) is 69.5 Å². The monoisotopic (exact) mass is 430 g/mol. The van der Waals surface area contributed by atoms with Gasteiger partial charge in [0.15, 0.2) is 22.5 Å². The number of hydrogen-bond donors (Lipinski definition) is 0. The minimum atomic E-state index is -0.449. The van der Waals surface area contributed by atoms with E-state index in [0.29, 0.717) is 23.1 Å². The Kier molecular flexibility index (Phi) is 6.94. The highest BCUT2D eigenvalue weighted by Crippen LogP contribution is 2.25. The molecule has 9 heteroatoms. The normalized spacial score (nSPS) is 10.7. The molecule has 0 aliphatic carbocycles. The van der Waals surface area contributed by atoms with Crippen LogP contribution in [0.2, 0.25) is 0 Å². The van der Waals surface area contributed by atoms with Crippen molar-refractivity contribution in [1.82, 2.24) is 19.7 Å². The van der Waals surface area contributed by atoms with Gasteiger partial charge in [0.05, 0.1) is 20.0 Å². The molecule has 3 aromatic rings. The number of carbonyl (C=O) groups excluding carboxylic acids is 1. The third-order valence-electron chi connectivity index (χ3n) is 4.57. The Bertz CT molecular complexity index is 1020. The lowest BCUT2D eigenvalue weighted by Crippen LogP contribution is -2.28. The van der Waals surface area contributed by atoms with E-state index in [1.165, 1.54) is 24.9 Å². The lowest BCUT2D eigenvalue weighted by Gasteiger charge is -2.17. The van der Waals surface area contributed by atoms with Gasteiger partial charge in [-0.15, -0.1) is 10.2 Å². The average molecular weight is 431 g/mol. The molecule has 0 fully saturated rings. The summed E-state index contributed by atoms with van der Waals surface area (Å²) < 4.78 is 25.8. The maximum Gasteiger partial charge on any atom is 0.233 e. The van der Waals surface area contributed by atoms with E-state index in [9.17, 15) is 9.18 Å². The molecule has 0 saturated heterocycles. The van der Waals surface area contributed by atoms with E-state index < -0.39 is 5.82 Å². The van der Waals surface area contributed by atoms with E-state index in [0.717, 1.165) is 11.3 Å². The summed E-state index contributed by atoms with van der Waals surface area (Å²) in [5.41, 5.74) is 1.59. The number of amides is 1. The fraction of sp³-hybridized carbons (Fsp3) is 0.286. The molecule has 0 aliphatic heterocycles. The molecule has 30 heavy (non-hydrogen) atoms. The highest BCUT2D eigenvalue weighted by Gasteiger charge is 2.16. The number of nitrogens with zero attached hydrogens (tertiary/aromatic N) is 4. The first-order chi connectivity index (χ1) is 14.4. The zero-order valence-corrected chi connectivity index (χ0v) is 18.1. The van der Waals surface area contributed by atoms with Crippen LogP contribution >= 0.6 is 11.8 Å². The van der Waals surface area contributed by atoms with Crippen LogP contribution in [0.5, 0.6) is 11.5 Å². The summed E-state index contributed by atoms with van der Waals surface area (Å²) in [6, 6.07) is 12.2. The molecule has 0 saturated carbocycles. The van der Waals surface area contributed by atoms with Crippen molar-refractivity contribution in [3.63, 3.8) is 0 Å². The first-order valence-corrected chi connectivity index (χ1v) is 10.1. The molecule has 0 atom stereocenters. The molecule has 7 nitrogen and oxygen atoms in total. The van der Waals surface area contributed by atoms with Crippen molar-refractivity contribution in [2.45, 2.75) is 11.7 Å². The second-order valence-electron chi connectivity index (χ2n) is 6.60. The van der Waals surface area contributed by atoms with Crippen LogP contribution in [0.1, 0.15) is 5.56 Å². The van der Waals surface area contributed by atoms with Crippen molar-refractivity contribution in [3.05, 3.63) is 53.8 Å². The molecule has 0 bridgehead atoms. The highest BCUT2D eigenvalue weighted by molar-refractivity contribution is 7.99. The molecule has 0 radical (unpaired) electrons. The second-order valence-corrected chi connectivity index (χ2v) is 7.54. The number of methoxy groups -OCH3 is 2. The van der Waals surface area contributed by atoms with Gasteiger partial charge in [-0.3, -0.25) is 4.79 Å². The number of rotatable bonds is 8. The number of carbonyl (C=O) groups is 1. The van der Waals surface area contributed by atoms with Gasteiger partial charge in [0.2, 0.25) is 5.91 Å². The summed E-state index contributed by atoms with van der Waals surface area (Å²) in [6.07, 6.45) is 0. The minimum absolute atomic E-state index is 0.0924. The highest BCUT2D eigenvalue weighted by atomic mass is 32.2. The zero-order chi connectivity index (χ0) is 21.7. The molecular weight excluding hydrogens is 407 g/mol. The summed E-state index contributed by atoms with van der Waals surface area (Å²) in [7, 11) is 6.57. The largest absolute Gasteiger partial charge is 0.497 e. The summed E-state index contributed by atoms with van der Waals surface area (Å²) >= 11 is 1.31. The van der Waals surface area contributed by atoms with Gasteiger partial charge in [-0.05, 0) is 42.0 Å². The predicted octanol–water partition coefficient (Wildman–Crippen LogP) is 3.39. The van der Waals surface area contributed by atoms with Gasteiger partial charge in [0.1, 0.15) is 5.75 Å². The van der Waals surface area contributed by atoms with Crippen LogP contribution in [0.4, 0.5) is 4.39 Å². The third-order valence-corrected chi connectivity index (χ3v) is 5.57. The molecular formula is C21H23FN4O3S. The smallest absolute Gasteiger partial charge is 0.233 e. The van der Waals surface area contributed by atoms with Gasteiger partial charge in [0.25, 0.3) is 0 Å². The number of ether oxygens (including phenoxy) is 2. The third kappa shape index (κ3) is 4.91. The summed E-state index contributed by atoms with van der Waals surface area (Å²) in [6.45, 7) is 0.302. The van der Waals surface area contributed by atoms with Gasteiger partial charge in [-0.2, -0.15) is 0 Å². The molecule has 1 aromatic heterocycles. The predicted molar refractivity (Wildman–Crippen MR) is 113 cm³/mol. The molecule has 1 heterocycles. The lowest BCUT2D eigenvalue weighted by atomic mass is 10.2. The van der Waals surface area contributed by atoms with Gasteiger partial charge in [-0.25, -0.2) is 4.39 Å². The summed E-state index contributed by atoms with van der Waals surface area (Å²) in [5.74, 6) is 1.30. The first-order valence-electron chi connectivity index (χ1n) is 9.16. The van der Waals surface area contributed by atoms with Crippen molar-refractivity contribution in [2.75, 3.05) is 27.0 Å². The maximum absolute atomic E-state index is 13.8. The van der Waals surface area contributed by atoms with E-state index in [2.05, 4.69) is 10.2 Å². The standard InChI is InChI=1S/C21H23FN4O3S/c1-25(12-14-5-10-18(29-4)17(22)11-14)19(27)13-30-21-24-23-20(26(21)2)15-6-8-16(28-3)9-7-15/h5-11H,12-13H2,1-4H3. The Hall–Kier alpha value is -3.07. The molecule has 0 spiro atoms. The van der Waals surface area contributed by atoms with E-state index in [1.54, 1.807) is 31.2 Å². The fourth-order valence-corrected chi connectivity index (χ4v) is 3.69. The van der Waals surface area contributed by atoms with Crippen LogP contribution in [0.25, 0.3) is 11.4 Å². The maximum atomic E-state index is 13.8. The first kappa shape index (κ1) is 21.6. The van der Waals surface area contributed by atoms with Crippen molar-refractivity contribution in [1.29, 1.82) is 0 Å². The number of thioether (sulfide) groups is 1. The van der Waals surface area contributed by atoms with Crippen LogP contribution in [-0.2, 0) is 18.4 Å². The van der Waals surface area contributed by atoms with E-state index in [4.69, 9.17) is 9.47 Å². The van der Waals surface area contributed by atoms with E-state index in [-0.39, 0.29) is 17.4 Å². The fourth-order valence-electron chi connectivity index (χ4n) is 2.84. The Morgan fingerprint density at radius 3 is 2.50 bits per heavy atom. The number of aromatic nitrogens is 3. The molecule has 0 unspecified atom stereocenters. The number of halogens is 1. The summed E-state index contributed by atoms with van der Waals surface area (Å²) in [5, 5.41) is 9.06.